The van der Waals surface area contributed by atoms with Gasteiger partial charge in [0.25, 0.3) is 0 Å². The predicted octanol–water partition coefficient (Wildman–Crippen LogP) is 4.27. The van der Waals surface area contributed by atoms with E-state index in [4.69, 9.17) is 0 Å². The van der Waals surface area contributed by atoms with E-state index in [2.05, 4.69) is 18.6 Å². The molecule has 0 saturated heterocycles. The van der Waals surface area contributed by atoms with Gasteiger partial charge in [0.1, 0.15) is 0 Å². The summed E-state index contributed by atoms with van der Waals surface area (Å²) in [6, 6.07) is 0. The largest absolute Gasteiger partial charge is 0.0885 e. The molecule has 1 rings (SSSR count). The molecule has 0 aliphatic heterocycles. The van der Waals surface area contributed by atoms with E-state index in [0.717, 1.165) is 0 Å². The molecule has 69 valence electrons. The van der Waals surface area contributed by atoms with Crippen molar-refractivity contribution in [2.24, 2.45) is 0 Å². The van der Waals surface area contributed by atoms with Gasteiger partial charge >= 0.3 is 0 Å². The second kappa shape index (κ2) is 7.39. The zero-order chi connectivity index (χ0) is 8.49. The molecular weight excluding hydrogens is 144 g/mol. The Kier molecular flexibility index (Phi) is 6.05. The highest BCUT2D eigenvalue weighted by Crippen LogP contribution is 2.11. The summed E-state index contributed by atoms with van der Waals surface area (Å²) < 4.78 is 0. The van der Waals surface area contributed by atoms with Crippen LogP contribution in [0.1, 0.15) is 57.8 Å². The molecule has 0 unspecified atom stereocenters. The molecule has 0 spiro atoms. The summed E-state index contributed by atoms with van der Waals surface area (Å²) in [5, 5.41) is 0. The summed E-state index contributed by atoms with van der Waals surface area (Å²) in [6.07, 6.45) is 19.5. The normalized spacial score (nSPS) is 22.7. The van der Waals surface area contributed by atoms with Crippen LogP contribution >= 0.6 is 0 Å². The van der Waals surface area contributed by atoms with E-state index in [1.165, 1.54) is 57.8 Å². The van der Waals surface area contributed by atoms with Crippen molar-refractivity contribution in [2.75, 3.05) is 0 Å². The molecule has 1 radical (unpaired) electrons. The molecule has 1 aliphatic rings. The van der Waals surface area contributed by atoms with Crippen molar-refractivity contribution < 1.29 is 0 Å². The summed E-state index contributed by atoms with van der Waals surface area (Å²) in [5.74, 6) is 0. The zero-order valence-electron chi connectivity index (χ0n) is 8.10. The van der Waals surface area contributed by atoms with Gasteiger partial charge in [0.05, 0.1) is 0 Å². The van der Waals surface area contributed by atoms with Crippen LogP contribution in [0.4, 0.5) is 0 Å². The van der Waals surface area contributed by atoms with Crippen LogP contribution in [0.15, 0.2) is 12.2 Å². The standard InChI is InChI=1S/C12H21/c1-2-4-6-8-10-12-11-9-7-5-3-1/h1-2,11H,3-10,12H2. The first-order valence-corrected chi connectivity index (χ1v) is 5.47. The van der Waals surface area contributed by atoms with E-state index in [9.17, 15) is 0 Å². The summed E-state index contributed by atoms with van der Waals surface area (Å²) in [6.45, 7) is 0. The Morgan fingerprint density at radius 2 is 1.00 bits per heavy atom. The quantitative estimate of drug-likeness (QED) is 0.470. The molecule has 0 atom stereocenters. The number of hydrogen-bond donors (Lipinski definition) is 0. The topological polar surface area (TPSA) is 0 Å². The molecule has 0 saturated carbocycles. The molecule has 0 aromatic heterocycles. The molecule has 0 bridgehead atoms. The van der Waals surface area contributed by atoms with E-state index in [-0.39, 0.29) is 0 Å². The lowest BCUT2D eigenvalue weighted by Gasteiger charge is -2.02. The fourth-order valence-electron chi connectivity index (χ4n) is 1.66. The van der Waals surface area contributed by atoms with Gasteiger partial charge in [0.15, 0.2) is 0 Å². The Balaban J connectivity index is 2.10. The van der Waals surface area contributed by atoms with E-state index in [1.807, 2.05) is 0 Å². The van der Waals surface area contributed by atoms with E-state index < -0.39 is 0 Å². The Bertz CT molecular complexity index is 99.2. The van der Waals surface area contributed by atoms with Crippen LogP contribution in [-0.2, 0) is 0 Å². The molecule has 0 aromatic rings. The molecule has 0 fully saturated rings. The van der Waals surface area contributed by atoms with E-state index in [0.29, 0.717) is 0 Å². The molecule has 0 nitrogen and oxygen atoms in total. The maximum Gasteiger partial charge on any atom is -0.0351 e. The van der Waals surface area contributed by atoms with Crippen LogP contribution in [0.5, 0.6) is 0 Å². The highest BCUT2D eigenvalue weighted by Gasteiger charge is 1.93. The van der Waals surface area contributed by atoms with Gasteiger partial charge in [-0.25, -0.2) is 0 Å². The second-order valence-corrected chi connectivity index (χ2v) is 3.68. The summed E-state index contributed by atoms with van der Waals surface area (Å²) in [7, 11) is 0. The lowest BCUT2D eigenvalue weighted by Crippen LogP contribution is -1.83. The van der Waals surface area contributed by atoms with Gasteiger partial charge in [-0.15, -0.1) is 0 Å². The highest BCUT2D eigenvalue weighted by molar-refractivity contribution is 4.82. The van der Waals surface area contributed by atoms with Crippen molar-refractivity contribution in [3.8, 4) is 0 Å². The smallest absolute Gasteiger partial charge is 0.0351 e. The summed E-state index contributed by atoms with van der Waals surface area (Å²) in [4.78, 5) is 0. The maximum atomic E-state index is 2.48. The third-order valence-electron chi connectivity index (χ3n) is 2.47. The Labute approximate surface area is 77.1 Å². The van der Waals surface area contributed by atoms with Gasteiger partial charge in [-0.1, -0.05) is 44.3 Å². The minimum atomic E-state index is 1.30. The fraction of sp³-hybridized carbons (Fsp3) is 0.750. The molecule has 0 amide bonds. The van der Waals surface area contributed by atoms with Crippen molar-refractivity contribution in [1.82, 2.24) is 0 Å². The first-order chi connectivity index (χ1) is 6.00. The molecular formula is C12H21. The molecule has 0 aromatic carbocycles. The van der Waals surface area contributed by atoms with Crippen LogP contribution in [0, 0.1) is 6.42 Å². The van der Waals surface area contributed by atoms with E-state index >= 15 is 0 Å². The molecule has 0 heteroatoms. The van der Waals surface area contributed by atoms with Crippen molar-refractivity contribution in [1.29, 1.82) is 0 Å². The number of hydrogen-bond acceptors (Lipinski definition) is 0. The fourth-order valence-corrected chi connectivity index (χ4v) is 1.66. The van der Waals surface area contributed by atoms with Crippen LogP contribution in [0.25, 0.3) is 0 Å². The lowest BCUT2D eigenvalue weighted by atomic mass is 10.0. The van der Waals surface area contributed by atoms with Crippen molar-refractivity contribution in [3.05, 3.63) is 18.6 Å². The first kappa shape index (κ1) is 9.83. The monoisotopic (exact) mass is 165 g/mol. The Morgan fingerprint density at radius 3 is 1.75 bits per heavy atom. The molecule has 1 aliphatic carbocycles. The van der Waals surface area contributed by atoms with Crippen LogP contribution < -0.4 is 0 Å². The van der Waals surface area contributed by atoms with E-state index in [1.54, 1.807) is 0 Å². The zero-order valence-corrected chi connectivity index (χ0v) is 8.10. The molecule has 12 heavy (non-hydrogen) atoms. The second-order valence-electron chi connectivity index (χ2n) is 3.68. The minimum Gasteiger partial charge on any atom is -0.0885 e. The SMILES string of the molecule is [CH]1CCCCC=CCCCCC1. The maximum absolute atomic E-state index is 2.48. The first-order valence-electron chi connectivity index (χ1n) is 5.47. The van der Waals surface area contributed by atoms with Gasteiger partial charge in [-0.05, 0) is 32.1 Å². The Morgan fingerprint density at radius 1 is 0.500 bits per heavy atom. The van der Waals surface area contributed by atoms with Gasteiger partial charge in [0.2, 0.25) is 0 Å². The minimum absolute atomic E-state index is 1.30. The average Bonchev–Trinajstić information content (AvgIpc) is 2.05. The van der Waals surface area contributed by atoms with Gasteiger partial charge in [-0.2, -0.15) is 0 Å². The Hall–Kier alpha value is -0.260. The van der Waals surface area contributed by atoms with Crippen LogP contribution in [0.2, 0.25) is 0 Å². The van der Waals surface area contributed by atoms with Gasteiger partial charge in [0, 0.05) is 0 Å². The molecule has 0 heterocycles. The average molecular weight is 165 g/mol. The van der Waals surface area contributed by atoms with Crippen molar-refractivity contribution >= 4 is 0 Å². The summed E-state index contributed by atoms with van der Waals surface area (Å²) >= 11 is 0. The van der Waals surface area contributed by atoms with Crippen molar-refractivity contribution in [2.45, 2.75) is 57.8 Å². The highest BCUT2D eigenvalue weighted by atomic mass is 14.0. The van der Waals surface area contributed by atoms with Gasteiger partial charge in [-0.3, -0.25) is 0 Å². The van der Waals surface area contributed by atoms with Crippen LogP contribution in [0.3, 0.4) is 0 Å². The third-order valence-corrected chi connectivity index (χ3v) is 2.47. The summed E-state index contributed by atoms with van der Waals surface area (Å²) in [5.41, 5.74) is 0. The third kappa shape index (κ3) is 5.40. The number of allylic oxidation sites excluding steroid dienone is 2. The lowest BCUT2D eigenvalue weighted by molar-refractivity contribution is 0.641. The number of rotatable bonds is 0. The van der Waals surface area contributed by atoms with Crippen molar-refractivity contribution in [3.63, 3.8) is 0 Å². The predicted molar refractivity (Wildman–Crippen MR) is 55.0 cm³/mol. The molecule has 0 N–H and O–H groups in total. The van der Waals surface area contributed by atoms with Crippen LogP contribution in [-0.4, -0.2) is 0 Å². The van der Waals surface area contributed by atoms with Gasteiger partial charge < -0.3 is 0 Å².